The molecule has 1 saturated carbocycles. The minimum atomic E-state index is -1.94. The predicted molar refractivity (Wildman–Crippen MR) is 301 cm³/mol. The summed E-state index contributed by atoms with van der Waals surface area (Å²) in [6.07, 6.45) is -14.2. The highest BCUT2D eigenvalue weighted by molar-refractivity contribution is 5.81. The number of aliphatic hydroxyl groups is 4. The lowest BCUT2D eigenvalue weighted by Gasteiger charge is -2.50. The molecule has 13 atom stereocenters. The van der Waals surface area contributed by atoms with Gasteiger partial charge in [-0.2, -0.15) is 0 Å². The van der Waals surface area contributed by atoms with Crippen LogP contribution in [0.2, 0.25) is 0 Å². The SMILES string of the molecule is CN(C(=O)OC(C)(C)C)[C@@H]1[C@@H](O)[C@@H](O[C@@H]2[C@@H](O)[C@H](O[C@H]3OC(CNC(=O)OCc4ccc([N+](=O)[O-])cc4)=CC[C@H]3NCC3CCN(C(=O)OC(C)(C)C)C3)[C@@H](NC(=O)OC(C)(C)C)C[C@H]2NC(=O)[C@@H](O)CCNC(=O)OC(C)(C)C)OC[C@]1(C)O. The minimum absolute atomic E-state index is 0.0703. The van der Waals surface area contributed by atoms with Gasteiger partial charge in [-0.05, 0) is 145 Å². The van der Waals surface area contributed by atoms with E-state index in [1.165, 1.54) is 38.2 Å². The number of ether oxygens (including phenoxy) is 9. The van der Waals surface area contributed by atoms with Crippen molar-refractivity contribution in [2.45, 2.75) is 218 Å². The van der Waals surface area contributed by atoms with Crippen molar-refractivity contribution in [1.82, 2.24) is 36.4 Å². The van der Waals surface area contributed by atoms with Crippen molar-refractivity contribution in [3.05, 3.63) is 51.8 Å². The van der Waals surface area contributed by atoms with Crippen LogP contribution in [0.15, 0.2) is 36.1 Å². The number of non-ortho nitro benzene ring substituents is 1. The Balaban J connectivity index is 1.49. The minimum Gasteiger partial charge on any atom is -0.466 e. The first kappa shape index (κ1) is 69.4. The summed E-state index contributed by atoms with van der Waals surface area (Å²) in [6, 6.07) is 0.557. The van der Waals surface area contributed by atoms with Crippen LogP contribution in [0.5, 0.6) is 0 Å². The van der Waals surface area contributed by atoms with Gasteiger partial charge in [0.05, 0.1) is 42.2 Å². The van der Waals surface area contributed by atoms with E-state index in [2.05, 4.69) is 26.6 Å². The average Bonchev–Trinajstić information content (AvgIpc) is 2.02. The largest absolute Gasteiger partial charge is 0.466 e. The zero-order valence-electron chi connectivity index (χ0n) is 51.2. The van der Waals surface area contributed by atoms with E-state index in [0.29, 0.717) is 31.6 Å². The molecule has 1 aliphatic carbocycles. The summed E-state index contributed by atoms with van der Waals surface area (Å²) >= 11 is 0. The molecule has 6 amide bonds. The number of hydrogen-bond donors (Lipinski definition) is 9. The summed E-state index contributed by atoms with van der Waals surface area (Å²) < 4.78 is 53.1. The van der Waals surface area contributed by atoms with Crippen LogP contribution in [0.3, 0.4) is 0 Å². The maximum atomic E-state index is 14.0. The molecule has 85 heavy (non-hydrogen) atoms. The second-order valence-electron chi connectivity index (χ2n) is 25.9. The third-order valence-corrected chi connectivity index (χ3v) is 13.6. The topological polar surface area (TPSA) is 376 Å². The van der Waals surface area contributed by atoms with Gasteiger partial charge in [0.2, 0.25) is 12.2 Å². The first-order chi connectivity index (χ1) is 39.3. The molecular formula is C56H90N8O21. The van der Waals surface area contributed by atoms with Crippen molar-refractivity contribution < 1.29 is 96.7 Å². The first-order valence-corrected chi connectivity index (χ1v) is 28.4. The Labute approximate surface area is 495 Å². The molecule has 3 aliphatic heterocycles. The summed E-state index contributed by atoms with van der Waals surface area (Å²) in [7, 11) is 1.30. The number of amides is 6. The van der Waals surface area contributed by atoms with Crippen LogP contribution in [-0.4, -0.2) is 213 Å². The van der Waals surface area contributed by atoms with Gasteiger partial charge < -0.3 is 99.4 Å². The van der Waals surface area contributed by atoms with E-state index in [-0.39, 0.29) is 56.3 Å². The Kier molecular flexibility index (Phi) is 23.6. The lowest BCUT2D eigenvalue weighted by Crippen LogP contribution is -2.71. The van der Waals surface area contributed by atoms with Gasteiger partial charge in [-0.3, -0.25) is 14.9 Å². The van der Waals surface area contributed by atoms with Crippen LogP contribution >= 0.6 is 0 Å². The third kappa shape index (κ3) is 21.8. The van der Waals surface area contributed by atoms with E-state index in [9.17, 15) is 59.3 Å². The fourth-order valence-electron chi connectivity index (χ4n) is 9.75. The quantitative estimate of drug-likeness (QED) is 0.0543. The van der Waals surface area contributed by atoms with Gasteiger partial charge in [-0.15, -0.1) is 0 Å². The summed E-state index contributed by atoms with van der Waals surface area (Å²) in [4.78, 5) is 92.9. The van der Waals surface area contributed by atoms with Crippen molar-refractivity contribution in [1.29, 1.82) is 0 Å². The average molecular weight is 1210 g/mol. The van der Waals surface area contributed by atoms with E-state index in [1.807, 2.05) is 0 Å². The Hall–Kier alpha value is -6.34. The molecule has 1 aromatic carbocycles. The maximum Gasteiger partial charge on any atom is 0.410 e. The van der Waals surface area contributed by atoms with Crippen molar-refractivity contribution in [3.8, 4) is 0 Å². The molecule has 1 unspecified atom stereocenters. The Morgan fingerprint density at radius 3 is 1.99 bits per heavy atom. The number of likely N-dealkylation sites (tertiary alicyclic amines) is 1. The molecule has 29 heteroatoms. The molecule has 29 nitrogen and oxygen atoms in total. The molecule has 0 radical (unpaired) electrons. The number of carbonyl (C=O) groups excluding carboxylic acids is 6. The van der Waals surface area contributed by atoms with E-state index in [1.54, 1.807) is 94.1 Å². The van der Waals surface area contributed by atoms with Gasteiger partial charge in [0, 0.05) is 45.4 Å². The fourth-order valence-corrected chi connectivity index (χ4v) is 9.75. The lowest BCUT2D eigenvalue weighted by molar-refractivity contribution is -0.384. The van der Waals surface area contributed by atoms with Crippen molar-refractivity contribution in [2.75, 3.05) is 46.4 Å². The Morgan fingerprint density at radius 2 is 1.39 bits per heavy atom. The van der Waals surface area contributed by atoms with Gasteiger partial charge in [0.15, 0.2) is 6.29 Å². The Morgan fingerprint density at radius 1 is 0.800 bits per heavy atom. The smallest absolute Gasteiger partial charge is 0.410 e. The van der Waals surface area contributed by atoms with Crippen LogP contribution in [-0.2, 0) is 54.0 Å². The van der Waals surface area contributed by atoms with E-state index in [0.717, 1.165) is 4.90 Å². The zero-order valence-corrected chi connectivity index (χ0v) is 51.2. The molecule has 4 aliphatic rings. The predicted octanol–water partition coefficient (Wildman–Crippen LogP) is 3.56. The number of rotatable bonds is 19. The molecule has 3 heterocycles. The number of nitrogens with one attached hydrogen (secondary N) is 5. The third-order valence-electron chi connectivity index (χ3n) is 13.6. The summed E-state index contributed by atoms with van der Waals surface area (Å²) in [5, 5.41) is 72.8. The highest BCUT2D eigenvalue weighted by atomic mass is 16.7. The van der Waals surface area contributed by atoms with Crippen LogP contribution in [0, 0.1) is 16.0 Å². The fraction of sp³-hybridized carbons (Fsp3) is 0.750. The second kappa shape index (κ2) is 28.9. The van der Waals surface area contributed by atoms with Crippen molar-refractivity contribution in [3.63, 3.8) is 0 Å². The van der Waals surface area contributed by atoms with Gasteiger partial charge in [-0.1, -0.05) is 0 Å². The molecule has 0 spiro atoms. The maximum absolute atomic E-state index is 14.0. The summed E-state index contributed by atoms with van der Waals surface area (Å²) in [6.45, 7) is 21.3. The standard InChI is InChI=1S/C56H90N8O21/c1-52(2,3)82-48(70)57-23-21-38(65)44(68)60-36-25-37(61-49(71)83-53(4,5)6)42(39(66)41(36)81-46-40(67)43(56(13,74)30-78-46)62(14)50(72)84-54(7,8)9)80-45-35(58-26-32-22-24-63(28-32)51(73)85-55(10,11)12)20-19-34(79-45)27-59-47(69)77-29-31-15-17-33(18-16-31)64(75)76/h15-19,32,35-43,45-46,58,65-67,74H,20-30H2,1-14H3,(H,57,70)(H,59,69)(H,60,68)(H,61,71)/t32?,35-,36-,37+,38+,39-,40-,41+,42-,43-,45-,46-,56+/m1/s1. The summed E-state index contributed by atoms with van der Waals surface area (Å²) in [5.41, 5.74) is -5.16. The Bertz CT molecular complexity index is 2490. The number of nitrogens with zero attached hydrogens (tertiary/aromatic N) is 3. The first-order valence-electron chi connectivity index (χ1n) is 28.4. The van der Waals surface area contributed by atoms with Gasteiger partial charge in [-0.25, -0.2) is 24.0 Å². The van der Waals surface area contributed by atoms with Gasteiger partial charge in [0.1, 0.15) is 70.9 Å². The van der Waals surface area contributed by atoms with Crippen LogP contribution in [0.25, 0.3) is 0 Å². The number of benzene rings is 1. The van der Waals surface area contributed by atoms with Crippen molar-refractivity contribution in [2.24, 2.45) is 5.92 Å². The van der Waals surface area contributed by atoms with Crippen molar-refractivity contribution >= 4 is 42.1 Å². The number of aliphatic hydroxyl groups excluding tert-OH is 3. The number of alkyl carbamates (subject to hydrolysis) is 3. The molecule has 5 rings (SSSR count). The molecule has 0 bridgehead atoms. The second-order valence-corrected chi connectivity index (χ2v) is 25.9. The van der Waals surface area contributed by atoms with Crippen LogP contribution < -0.4 is 26.6 Å². The van der Waals surface area contributed by atoms with E-state index in [4.69, 9.17) is 42.6 Å². The molecule has 2 saturated heterocycles. The van der Waals surface area contributed by atoms with Gasteiger partial charge >= 0.3 is 30.5 Å². The van der Waals surface area contributed by atoms with Crippen LogP contribution in [0.4, 0.5) is 29.7 Å². The lowest BCUT2D eigenvalue weighted by atomic mass is 9.82. The number of carbonyl (C=O) groups is 6. The van der Waals surface area contributed by atoms with E-state index >= 15 is 0 Å². The molecule has 1 aromatic rings. The van der Waals surface area contributed by atoms with E-state index < -0.39 is 143 Å². The molecule has 3 fully saturated rings. The van der Waals surface area contributed by atoms with Gasteiger partial charge in [0.25, 0.3) is 5.69 Å². The number of nitro groups is 1. The highest BCUT2D eigenvalue weighted by Crippen LogP contribution is 2.35. The summed E-state index contributed by atoms with van der Waals surface area (Å²) in [5.74, 6) is -0.902. The number of likely N-dealkylation sites (N-methyl/N-ethyl adjacent to an activating group) is 1. The number of nitro benzene ring substituents is 1. The molecule has 9 N–H and O–H groups in total. The molecular weight excluding hydrogens is 1120 g/mol. The normalized spacial score (nSPS) is 27.6. The monoisotopic (exact) mass is 1210 g/mol. The van der Waals surface area contributed by atoms with Crippen LogP contribution in [0.1, 0.15) is 121 Å². The zero-order chi connectivity index (χ0) is 63.6. The molecule has 0 aromatic heterocycles. The molecule has 480 valence electrons. The number of hydrogen-bond acceptors (Lipinski definition) is 22. The highest BCUT2D eigenvalue weighted by Gasteiger charge is 2.55.